The van der Waals surface area contributed by atoms with Crippen LogP contribution in [0.5, 0.6) is 11.5 Å². The molecule has 0 amide bonds. The van der Waals surface area contributed by atoms with Gasteiger partial charge in [-0.25, -0.2) is 4.79 Å². The molecule has 7 atom stereocenters. The van der Waals surface area contributed by atoms with Crippen molar-refractivity contribution in [1.29, 1.82) is 0 Å². The first-order valence-electron chi connectivity index (χ1n) is 14.3. The highest BCUT2D eigenvalue weighted by atomic mass is 16.6. The van der Waals surface area contributed by atoms with E-state index in [2.05, 4.69) is 26.0 Å². The first-order valence-corrected chi connectivity index (χ1v) is 14.3. The van der Waals surface area contributed by atoms with Crippen LogP contribution in [0.25, 0.3) is 0 Å². The van der Waals surface area contributed by atoms with E-state index >= 15 is 0 Å². The second kappa shape index (κ2) is 8.51. The highest BCUT2D eigenvalue weighted by molar-refractivity contribution is 5.87. The maximum Gasteiger partial charge on any atom is 0.335 e. The van der Waals surface area contributed by atoms with Crippen LogP contribution in [0.1, 0.15) is 77.8 Å². The Morgan fingerprint density at radius 3 is 2.45 bits per heavy atom. The molecule has 0 aromatic heterocycles. The van der Waals surface area contributed by atoms with Crippen molar-refractivity contribution in [3.8, 4) is 11.5 Å². The summed E-state index contributed by atoms with van der Waals surface area (Å²) in [6.07, 6.45) is 7.43. The van der Waals surface area contributed by atoms with Gasteiger partial charge < -0.3 is 29.2 Å². The molecule has 4 aliphatic heterocycles. The Hall–Kier alpha value is -3.00. The number of esters is 2. The molecule has 0 saturated carbocycles. The highest BCUT2D eigenvalue weighted by Crippen LogP contribution is 2.58. The third-order valence-electron chi connectivity index (χ3n) is 10.4. The van der Waals surface area contributed by atoms with E-state index in [9.17, 15) is 19.8 Å². The van der Waals surface area contributed by atoms with Crippen LogP contribution in [0.15, 0.2) is 36.1 Å². The smallest absolute Gasteiger partial charge is 0.335 e. The molecule has 2 N–H and O–H groups in total. The van der Waals surface area contributed by atoms with Gasteiger partial charge in [-0.15, -0.1) is 0 Å². The minimum atomic E-state index is -1.24. The number of fused-ring (bicyclic) bond motifs is 3. The fraction of sp³-hybridized carbons (Fsp3) is 0.625. The summed E-state index contributed by atoms with van der Waals surface area (Å²) in [6.45, 7) is 12.0. The molecule has 1 spiro atoms. The van der Waals surface area contributed by atoms with E-state index in [-0.39, 0.29) is 29.4 Å². The number of carbonyl (C=O) groups excluding carboxylic acids is 2. The topological polar surface area (TPSA) is 112 Å². The lowest BCUT2D eigenvalue weighted by atomic mass is 9.64. The summed E-state index contributed by atoms with van der Waals surface area (Å²) in [5, 5.41) is 22.4. The normalized spacial score (nSPS) is 41.7. The van der Waals surface area contributed by atoms with Crippen molar-refractivity contribution in [3.05, 3.63) is 47.2 Å². The molecule has 8 nitrogen and oxygen atoms in total. The molecule has 1 aromatic carbocycles. The fourth-order valence-corrected chi connectivity index (χ4v) is 7.89. The van der Waals surface area contributed by atoms with E-state index in [4.69, 9.17) is 18.9 Å². The number of hydrogen-bond acceptors (Lipinski definition) is 8. The van der Waals surface area contributed by atoms with Crippen LogP contribution in [0, 0.1) is 24.2 Å². The third-order valence-corrected chi connectivity index (χ3v) is 10.4. The Kier molecular flexibility index (Phi) is 5.78. The van der Waals surface area contributed by atoms with Gasteiger partial charge >= 0.3 is 11.9 Å². The van der Waals surface area contributed by atoms with Crippen LogP contribution in [0.2, 0.25) is 0 Å². The summed E-state index contributed by atoms with van der Waals surface area (Å²) in [4.78, 5) is 25.2. The summed E-state index contributed by atoms with van der Waals surface area (Å²) >= 11 is 0. The predicted octanol–water partition coefficient (Wildman–Crippen LogP) is 4.82. The maximum absolute atomic E-state index is 12.6. The van der Waals surface area contributed by atoms with Gasteiger partial charge in [0, 0.05) is 30.7 Å². The zero-order valence-corrected chi connectivity index (χ0v) is 24.2. The van der Waals surface area contributed by atoms with Crippen LogP contribution in [-0.4, -0.2) is 50.7 Å². The van der Waals surface area contributed by atoms with E-state index in [1.807, 2.05) is 20.8 Å². The summed E-state index contributed by atoms with van der Waals surface area (Å²) < 4.78 is 25.0. The van der Waals surface area contributed by atoms with Crippen molar-refractivity contribution in [1.82, 2.24) is 0 Å². The highest BCUT2D eigenvalue weighted by Gasteiger charge is 2.70. The van der Waals surface area contributed by atoms with Crippen molar-refractivity contribution < 1.29 is 38.7 Å². The standard InChI is InChI=1S/C32H40O8/c1-18-10-21(33)13-23-22(18)11-20-15-28(2,3)8-7-9-29(4)19(12-24(34)31(20,6)37-23)16-32-25(38-29)14-26(35)39-30(32,5)17-27(36)40-32/h7-8,10,13-14,19-20,24,33-34H,9,11-12,15-17H2,1-6H3. The zero-order valence-electron chi connectivity index (χ0n) is 24.2. The predicted molar refractivity (Wildman–Crippen MR) is 145 cm³/mol. The Bertz CT molecular complexity index is 1340. The van der Waals surface area contributed by atoms with Crippen LogP contribution < -0.4 is 4.74 Å². The van der Waals surface area contributed by atoms with Crippen LogP contribution >= 0.6 is 0 Å². The van der Waals surface area contributed by atoms with Crippen molar-refractivity contribution >= 4 is 11.9 Å². The van der Waals surface area contributed by atoms with Gasteiger partial charge in [0.15, 0.2) is 11.4 Å². The molecule has 2 saturated heterocycles. The number of phenols is 1. The van der Waals surface area contributed by atoms with Gasteiger partial charge in [0.1, 0.15) is 22.7 Å². The van der Waals surface area contributed by atoms with E-state index in [0.717, 1.165) is 17.5 Å². The molecular weight excluding hydrogens is 512 g/mol. The number of benzene rings is 1. The molecular formula is C32H40O8. The number of hydrogen-bond donors (Lipinski definition) is 2. The maximum atomic E-state index is 12.6. The molecule has 7 unspecified atom stereocenters. The largest absolute Gasteiger partial charge is 0.508 e. The minimum Gasteiger partial charge on any atom is -0.508 e. The summed E-state index contributed by atoms with van der Waals surface area (Å²) in [7, 11) is 0. The molecule has 216 valence electrons. The summed E-state index contributed by atoms with van der Waals surface area (Å²) in [5.41, 5.74) is -2.34. The fourth-order valence-electron chi connectivity index (χ4n) is 7.89. The van der Waals surface area contributed by atoms with Crippen molar-refractivity contribution in [3.63, 3.8) is 0 Å². The average molecular weight is 553 g/mol. The molecule has 1 aromatic rings. The van der Waals surface area contributed by atoms with Gasteiger partial charge in [0.05, 0.1) is 18.6 Å². The first kappa shape index (κ1) is 27.2. The number of ether oxygens (including phenoxy) is 4. The second-order valence-electron chi connectivity index (χ2n) is 13.9. The number of rotatable bonds is 0. The summed E-state index contributed by atoms with van der Waals surface area (Å²) in [6, 6.07) is 3.39. The monoisotopic (exact) mass is 552 g/mol. The molecule has 2 fully saturated rings. The summed E-state index contributed by atoms with van der Waals surface area (Å²) in [5.74, 6) is -0.207. The number of carbonyl (C=O) groups is 2. The van der Waals surface area contributed by atoms with Gasteiger partial charge in [0.25, 0.3) is 0 Å². The van der Waals surface area contributed by atoms with E-state index in [1.54, 1.807) is 19.1 Å². The van der Waals surface area contributed by atoms with Gasteiger partial charge in [-0.3, -0.25) is 4.79 Å². The van der Waals surface area contributed by atoms with Gasteiger partial charge in [-0.05, 0) is 69.6 Å². The number of aryl methyl sites for hydroxylation is 1. The molecule has 1 aliphatic carbocycles. The molecule has 5 aliphatic rings. The molecule has 8 heteroatoms. The van der Waals surface area contributed by atoms with Gasteiger partial charge in [0.2, 0.25) is 5.60 Å². The van der Waals surface area contributed by atoms with Crippen molar-refractivity contribution in [2.75, 3.05) is 0 Å². The minimum absolute atomic E-state index is 0.00872. The van der Waals surface area contributed by atoms with E-state index < -0.39 is 40.4 Å². The lowest BCUT2D eigenvalue weighted by Crippen LogP contribution is -2.64. The second-order valence-corrected chi connectivity index (χ2v) is 13.9. The first-order chi connectivity index (χ1) is 18.6. The van der Waals surface area contributed by atoms with E-state index in [1.165, 1.54) is 6.08 Å². The Balaban J connectivity index is 1.44. The van der Waals surface area contributed by atoms with Crippen LogP contribution in [0.3, 0.4) is 0 Å². The zero-order chi connectivity index (χ0) is 28.9. The lowest BCUT2D eigenvalue weighted by Gasteiger charge is -2.55. The Labute approximate surface area is 235 Å². The van der Waals surface area contributed by atoms with Gasteiger partial charge in [-0.2, -0.15) is 0 Å². The molecule has 6 rings (SSSR count). The molecule has 40 heavy (non-hydrogen) atoms. The molecule has 0 bridgehead atoms. The lowest BCUT2D eigenvalue weighted by molar-refractivity contribution is -0.224. The SMILES string of the molecule is Cc1cc(O)cc2c1CC1CC(C)(C)C=CCC3(C)OC4=CC(=O)OC5(C)CC(=O)OC45CC3CC(O)C1(C)O2. The molecule has 0 radical (unpaired) electrons. The van der Waals surface area contributed by atoms with Crippen molar-refractivity contribution in [2.45, 2.75) is 109 Å². The number of allylic oxidation sites excluding steroid dienone is 1. The van der Waals surface area contributed by atoms with Crippen molar-refractivity contribution in [2.24, 2.45) is 17.3 Å². The number of aliphatic hydroxyl groups is 1. The van der Waals surface area contributed by atoms with Gasteiger partial charge in [-0.1, -0.05) is 26.0 Å². The van der Waals surface area contributed by atoms with E-state index in [0.29, 0.717) is 37.2 Å². The third kappa shape index (κ3) is 3.97. The number of phenolic OH excluding ortho intramolecular Hbond substituents is 1. The number of aliphatic hydroxyl groups excluding tert-OH is 1. The molecule has 4 heterocycles. The van der Waals surface area contributed by atoms with Crippen LogP contribution in [-0.2, 0) is 30.2 Å². The Morgan fingerprint density at radius 2 is 1.70 bits per heavy atom. The van der Waals surface area contributed by atoms with Crippen LogP contribution in [0.4, 0.5) is 0 Å². The number of aromatic hydroxyl groups is 1. The quantitative estimate of drug-likeness (QED) is 0.348. The average Bonchev–Trinajstić information content (AvgIpc) is 3.07. The Morgan fingerprint density at radius 1 is 0.950 bits per heavy atom.